The van der Waals surface area contributed by atoms with Gasteiger partial charge in [-0.2, -0.15) is 0 Å². The monoisotopic (exact) mass is 352 g/mol. The van der Waals surface area contributed by atoms with Crippen LogP contribution in [-0.2, 0) is 9.53 Å². The zero-order chi connectivity index (χ0) is 19.0. The number of nitrogens with two attached hydrogens (primary N) is 1. The number of nitrogen functional groups attached to an aromatic ring is 1. The van der Waals surface area contributed by atoms with E-state index >= 15 is 0 Å². The molecule has 3 rings (SSSR count). The number of ether oxygens (including phenoxy) is 1. The summed E-state index contributed by atoms with van der Waals surface area (Å²) in [6.07, 6.45) is -1.03. The molecule has 0 saturated carbocycles. The quantitative estimate of drug-likeness (QED) is 0.543. The molecular weight excluding hydrogens is 336 g/mol. The third-order valence-electron chi connectivity index (χ3n) is 4.25. The van der Waals surface area contributed by atoms with Gasteiger partial charge in [0, 0.05) is 23.7 Å². The minimum atomic E-state index is -1.03. The predicted octanol–water partition coefficient (Wildman–Crippen LogP) is 1.34. The highest BCUT2D eigenvalue weighted by molar-refractivity contribution is 6.30. The summed E-state index contributed by atoms with van der Waals surface area (Å²) in [4.78, 5) is 49.2. The number of ketones is 2. The molecule has 0 bridgehead atoms. The minimum Gasteiger partial charge on any atom is -0.449 e. The van der Waals surface area contributed by atoms with E-state index in [0.29, 0.717) is 5.56 Å². The van der Waals surface area contributed by atoms with Crippen LogP contribution < -0.4 is 11.1 Å². The second-order valence-corrected chi connectivity index (χ2v) is 5.81. The van der Waals surface area contributed by atoms with E-state index in [9.17, 15) is 19.2 Å². The van der Waals surface area contributed by atoms with Crippen LogP contribution in [0.4, 0.5) is 5.69 Å². The summed E-state index contributed by atoms with van der Waals surface area (Å²) in [5.74, 6) is -2.09. The number of nitrogens with one attached hydrogen (secondary N) is 1. The first kappa shape index (κ1) is 17.3. The van der Waals surface area contributed by atoms with Crippen LogP contribution in [0.3, 0.4) is 0 Å². The van der Waals surface area contributed by atoms with Crippen LogP contribution in [0.2, 0.25) is 0 Å². The molecule has 1 atom stereocenters. The molecule has 2 aromatic carbocycles. The van der Waals surface area contributed by atoms with Gasteiger partial charge in [0.05, 0.1) is 16.8 Å². The molecule has 0 unspecified atom stereocenters. The fourth-order valence-electron chi connectivity index (χ4n) is 2.87. The number of anilines is 1. The van der Waals surface area contributed by atoms with Crippen LogP contribution >= 0.6 is 0 Å². The first-order chi connectivity index (χ1) is 12.4. The largest absolute Gasteiger partial charge is 0.449 e. The topological polar surface area (TPSA) is 116 Å². The zero-order valence-corrected chi connectivity index (χ0v) is 14.2. The number of hydrogen-bond donors (Lipinski definition) is 2. The molecule has 1 amide bonds. The number of likely N-dealkylation sites (N-methyl/N-ethyl adjacent to an activating group) is 1. The first-order valence-electron chi connectivity index (χ1n) is 7.90. The summed E-state index contributed by atoms with van der Waals surface area (Å²) in [6.45, 7) is 1.41. The Morgan fingerprint density at radius 1 is 1.00 bits per heavy atom. The van der Waals surface area contributed by atoms with Gasteiger partial charge in [0.1, 0.15) is 0 Å². The Morgan fingerprint density at radius 3 is 2.23 bits per heavy atom. The Kier molecular flexibility index (Phi) is 4.29. The molecule has 0 spiro atoms. The molecule has 0 aromatic heterocycles. The summed E-state index contributed by atoms with van der Waals surface area (Å²) in [7, 11) is 1.42. The smallest absolute Gasteiger partial charge is 0.341 e. The molecule has 132 valence electrons. The fraction of sp³-hybridized carbons (Fsp3) is 0.158. The van der Waals surface area contributed by atoms with Gasteiger partial charge in [0.2, 0.25) is 0 Å². The molecule has 0 saturated heterocycles. The second-order valence-electron chi connectivity index (χ2n) is 5.81. The number of rotatable bonds is 3. The van der Waals surface area contributed by atoms with E-state index in [1.807, 2.05) is 0 Å². The molecule has 0 radical (unpaired) electrons. The number of esters is 1. The summed E-state index contributed by atoms with van der Waals surface area (Å²) in [5.41, 5.74) is 6.48. The molecular formula is C19H16N2O5. The van der Waals surface area contributed by atoms with Gasteiger partial charge in [0.15, 0.2) is 17.7 Å². The number of amides is 1. The highest BCUT2D eigenvalue weighted by Gasteiger charge is 2.33. The van der Waals surface area contributed by atoms with Crippen LogP contribution in [0.5, 0.6) is 0 Å². The van der Waals surface area contributed by atoms with Crippen molar-refractivity contribution < 1.29 is 23.9 Å². The van der Waals surface area contributed by atoms with Crippen molar-refractivity contribution in [2.75, 3.05) is 12.8 Å². The number of carbonyl (C=O) groups is 4. The van der Waals surface area contributed by atoms with Crippen LogP contribution in [0.25, 0.3) is 0 Å². The van der Waals surface area contributed by atoms with Crippen molar-refractivity contribution in [2.24, 2.45) is 0 Å². The van der Waals surface area contributed by atoms with E-state index in [4.69, 9.17) is 10.5 Å². The number of fused-ring (bicyclic) bond motifs is 2. The third kappa shape index (κ3) is 2.63. The highest BCUT2D eigenvalue weighted by Crippen LogP contribution is 2.32. The molecule has 7 heteroatoms. The van der Waals surface area contributed by atoms with Crippen molar-refractivity contribution in [3.8, 4) is 0 Å². The lowest BCUT2D eigenvalue weighted by molar-refractivity contribution is -0.128. The predicted molar refractivity (Wildman–Crippen MR) is 93.1 cm³/mol. The van der Waals surface area contributed by atoms with Crippen LogP contribution in [0.15, 0.2) is 36.4 Å². The SMILES string of the molecule is CNC(=O)[C@@H](C)OC(=O)c1ccc2c(c1N)C(=O)c1ccccc1C2=O. The molecule has 0 fully saturated rings. The van der Waals surface area contributed by atoms with Crippen molar-refractivity contribution >= 4 is 29.1 Å². The fourth-order valence-corrected chi connectivity index (χ4v) is 2.87. The van der Waals surface area contributed by atoms with Gasteiger partial charge in [-0.3, -0.25) is 14.4 Å². The maximum Gasteiger partial charge on any atom is 0.341 e. The Balaban J connectivity index is 2.03. The molecule has 1 aliphatic rings. The Bertz CT molecular complexity index is 964. The van der Waals surface area contributed by atoms with E-state index in [2.05, 4.69) is 5.32 Å². The number of carbonyl (C=O) groups excluding carboxylic acids is 4. The van der Waals surface area contributed by atoms with E-state index in [1.165, 1.54) is 32.2 Å². The van der Waals surface area contributed by atoms with Crippen LogP contribution in [-0.4, -0.2) is 36.6 Å². The summed E-state index contributed by atoms with van der Waals surface area (Å²) in [5, 5.41) is 2.36. The van der Waals surface area contributed by atoms with E-state index in [0.717, 1.165) is 0 Å². The Labute approximate surface area is 149 Å². The summed E-state index contributed by atoms with van der Waals surface area (Å²) >= 11 is 0. The standard InChI is InChI=1S/C19H16N2O5/c1-9(18(24)21-2)26-19(25)13-8-7-12-14(15(13)20)17(23)11-6-4-3-5-10(11)16(12)22/h3-9H,20H2,1-2H3,(H,21,24)/t9-/m1/s1. The maximum absolute atomic E-state index is 12.8. The van der Waals surface area contributed by atoms with Crippen LogP contribution in [0, 0.1) is 0 Å². The van der Waals surface area contributed by atoms with Gasteiger partial charge in [-0.15, -0.1) is 0 Å². The lowest BCUT2D eigenvalue weighted by Gasteiger charge is -2.20. The average molecular weight is 352 g/mol. The molecule has 3 N–H and O–H groups in total. The van der Waals surface area contributed by atoms with Crippen LogP contribution in [0.1, 0.15) is 49.1 Å². The maximum atomic E-state index is 12.8. The Morgan fingerprint density at radius 2 is 1.62 bits per heavy atom. The van der Waals surface area contributed by atoms with E-state index < -0.39 is 23.8 Å². The zero-order valence-electron chi connectivity index (χ0n) is 14.2. The van der Waals surface area contributed by atoms with Gasteiger partial charge in [-0.1, -0.05) is 24.3 Å². The molecule has 1 aliphatic carbocycles. The Hall–Kier alpha value is -3.48. The molecule has 7 nitrogen and oxygen atoms in total. The average Bonchev–Trinajstić information content (AvgIpc) is 2.64. The highest BCUT2D eigenvalue weighted by atomic mass is 16.5. The summed E-state index contributed by atoms with van der Waals surface area (Å²) in [6, 6.07) is 9.13. The van der Waals surface area contributed by atoms with E-state index in [1.54, 1.807) is 18.2 Å². The number of hydrogen-bond acceptors (Lipinski definition) is 6. The van der Waals surface area contributed by atoms with Gasteiger partial charge < -0.3 is 15.8 Å². The normalized spacial score (nSPS) is 13.5. The van der Waals surface area contributed by atoms with Gasteiger partial charge in [-0.05, 0) is 19.1 Å². The van der Waals surface area contributed by atoms with Crippen molar-refractivity contribution in [3.05, 3.63) is 64.2 Å². The molecule has 0 aliphatic heterocycles. The summed E-state index contributed by atoms with van der Waals surface area (Å²) < 4.78 is 5.07. The van der Waals surface area contributed by atoms with Gasteiger partial charge >= 0.3 is 5.97 Å². The van der Waals surface area contributed by atoms with Gasteiger partial charge in [-0.25, -0.2) is 4.79 Å². The lowest BCUT2D eigenvalue weighted by atomic mass is 9.82. The van der Waals surface area contributed by atoms with Crippen molar-refractivity contribution in [2.45, 2.75) is 13.0 Å². The van der Waals surface area contributed by atoms with Crippen molar-refractivity contribution in [1.82, 2.24) is 5.32 Å². The van der Waals surface area contributed by atoms with Crippen molar-refractivity contribution in [1.29, 1.82) is 0 Å². The molecule has 0 heterocycles. The van der Waals surface area contributed by atoms with Gasteiger partial charge in [0.25, 0.3) is 5.91 Å². The third-order valence-corrected chi connectivity index (χ3v) is 4.25. The minimum absolute atomic E-state index is 0.0178. The van der Waals surface area contributed by atoms with E-state index in [-0.39, 0.29) is 33.7 Å². The number of benzene rings is 2. The van der Waals surface area contributed by atoms with Crippen molar-refractivity contribution in [3.63, 3.8) is 0 Å². The first-order valence-corrected chi connectivity index (χ1v) is 7.90. The molecule has 2 aromatic rings. The molecule has 26 heavy (non-hydrogen) atoms. The second kappa shape index (κ2) is 6.44. The lowest BCUT2D eigenvalue weighted by Crippen LogP contribution is -2.33.